The molecule has 0 aliphatic carbocycles. The molecule has 2 nitrogen and oxygen atoms in total. The Morgan fingerprint density at radius 3 is 2.76 bits per heavy atom. The summed E-state index contributed by atoms with van der Waals surface area (Å²) >= 11 is 5.23. The Morgan fingerprint density at radius 2 is 2.18 bits per heavy atom. The summed E-state index contributed by atoms with van der Waals surface area (Å²) in [5.41, 5.74) is 5.39. The van der Waals surface area contributed by atoms with Gasteiger partial charge in [0.25, 0.3) is 0 Å². The normalized spacial score (nSPS) is 12.6. The molecule has 1 unspecified atom stereocenters. The zero-order chi connectivity index (χ0) is 12.3. The van der Waals surface area contributed by atoms with Gasteiger partial charge >= 0.3 is 0 Å². The SMILES string of the molecule is Cc1cccc(C(Cc2ccc(Br)s2)NN)c1. The van der Waals surface area contributed by atoms with Gasteiger partial charge in [0.05, 0.1) is 9.83 Å². The van der Waals surface area contributed by atoms with Gasteiger partial charge in [0, 0.05) is 11.3 Å². The number of thiophene rings is 1. The van der Waals surface area contributed by atoms with E-state index in [2.05, 4.69) is 64.7 Å². The topological polar surface area (TPSA) is 38.0 Å². The number of hydrogen-bond acceptors (Lipinski definition) is 3. The van der Waals surface area contributed by atoms with Crippen LogP contribution in [0.5, 0.6) is 0 Å². The molecule has 1 aromatic carbocycles. The van der Waals surface area contributed by atoms with Gasteiger partial charge in [0.2, 0.25) is 0 Å². The molecule has 3 N–H and O–H groups in total. The minimum absolute atomic E-state index is 0.167. The highest BCUT2D eigenvalue weighted by atomic mass is 79.9. The lowest BCUT2D eigenvalue weighted by atomic mass is 10.0. The van der Waals surface area contributed by atoms with E-state index in [9.17, 15) is 0 Å². The lowest BCUT2D eigenvalue weighted by molar-refractivity contribution is 0.555. The van der Waals surface area contributed by atoms with Crippen molar-refractivity contribution in [3.8, 4) is 0 Å². The van der Waals surface area contributed by atoms with Crippen molar-refractivity contribution in [2.24, 2.45) is 5.84 Å². The van der Waals surface area contributed by atoms with Crippen LogP contribution in [0.25, 0.3) is 0 Å². The first-order valence-electron chi connectivity index (χ1n) is 5.46. The van der Waals surface area contributed by atoms with E-state index in [1.165, 1.54) is 16.0 Å². The van der Waals surface area contributed by atoms with E-state index in [1.54, 1.807) is 11.3 Å². The van der Waals surface area contributed by atoms with Gasteiger partial charge < -0.3 is 0 Å². The van der Waals surface area contributed by atoms with Gasteiger partial charge in [-0.25, -0.2) is 0 Å². The van der Waals surface area contributed by atoms with Crippen molar-refractivity contribution in [3.63, 3.8) is 0 Å². The first-order valence-corrected chi connectivity index (χ1v) is 7.07. The highest BCUT2D eigenvalue weighted by molar-refractivity contribution is 9.11. The van der Waals surface area contributed by atoms with Gasteiger partial charge in [-0.3, -0.25) is 11.3 Å². The van der Waals surface area contributed by atoms with E-state index in [0.717, 1.165) is 10.2 Å². The average Bonchev–Trinajstić information content (AvgIpc) is 2.72. The van der Waals surface area contributed by atoms with Crippen LogP contribution >= 0.6 is 27.3 Å². The van der Waals surface area contributed by atoms with Crippen LogP contribution in [0.2, 0.25) is 0 Å². The van der Waals surface area contributed by atoms with Gasteiger partial charge in [0.1, 0.15) is 0 Å². The molecule has 0 spiro atoms. The summed E-state index contributed by atoms with van der Waals surface area (Å²) < 4.78 is 1.16. The van der Waals surface area contributed by atoms with Crippen LogP contribution < -0.4 is 11.3 Å². The molecule has 0 fully saturated rings. The van der Waals surface area contributed by atoms with E-state index in [4.69, 9.17) is 5.84 Å². The van der Waals surface area contributed by atoms with Crippen molar-refractivity contribution < 1.29 is 0 Å². The Hall–Kier alpha value is -0.680. The molecule has 0 bridgehead atoms. The fourth-order valence-electron chi connectivity index (χ4n) is 1.82. The molecule has 0 saturated carbocycles. The Bertz CT molecular complexity index is 496. The Kier molecular flexibility index (Phi) is 4.34. The van der Waals surface area contributed by atoms with Gasteiger partial charge in [-0.05, 0) is 40.5 Å². The molecule has 0 aliphatic heterocycles. The number of aryl methyl sites for hydroxylation is 1. The van der Waals surface area contributed by atoms with E-state index in [-0.39, 0.29) is 6.04 Å². The van der Waals surface area contributed by atoms with Crippen LogP contribution in [0.15, 0.2) is 40.2 Å². The lowest BCUT2D eigenvalue weighted by Crippen LogP contribution is -2.29. The van der Waals surface area contributed by atoms with Crippen LogP contribution in [-0.4, -0.2) is 0 Å². The van der Waals surface area contributed by atoms with Crippen molar-refractivity contribution in [1.82, 2.24) is 5.43 Å². The number of benzene rings is 1. The molecule has 4 heteroatoms. The van der Waals surface area contributed by atoms with Crippen LogP contribution in [0.1, 0.15) is 22.0 Å². The summed E-state index contributed by atoms with van der Waals surface area (Å²) in [7, 11) is 0. The van der Waals surface area contributed by atoms with Gasteiger partial charge in [0.15, 0.2) is 0 Å². The molecule has 0 amide bonds. The Morgan fingerprint density at radius 1 is 1.35 bits per heavy atom. The van der Waals surface area contributed by atoms with E-state index >= 15 is 0 Å². The second-order valence-corrected chi connectivity index (χ2v) is 6.59. The molecule has 2 rings (SSSR count). The van der Waals surface area contributed by atoms with Crippen molar-refractivity contribution in [1.29, 1.82) is 0 Å². The quantitative estimate of drug-likeness (QED) is 0.669. The fourth-order valence-corrected chi connectivity index (χ4v) is 3.35. The molecule has 90 valence electrons. The van der Waals surface area contributed by atoms with Crippen molar-refractivity contribution in [2.75, 3.05) is 0 Å². The summed E-state index contributed by atoms with van der Waals surface area (Å²) in [6, 6.07) is 12.8. The summed E-state index contributed by atoms with van der Waals surface area (Å²) in [6.45, 7) is 2.10. The molecule has 1 atom stereocenters. The standard InChI is InChI=1S/C13H15BrN2S/c1-9-3-2-4-10(7-9)12(16-15)8-11-5-6-13(14)17-11/h2-7,12,16H,8,15H2,1H3. The second kappa shape index (κ2) is 5.78. The van der Waals surface area contributed by atoms with Crippen LogP contribution in [0.4, 0.5) is 0 Å². The predicted molar refractivity (Wildman–Crippen MR) is 77.0 cm³/mol. The summed E-state index contributed by atoms with van der Waals surface area (Å²) in [4.78, 5) is 1.32. The van der Waals surface area contributed by atoms with Crippen LogP contribution in [0, 0.1) is 6.92 Å². The third-order valence-corrected chi connectivity index (χ3v) is 4.33. The smallest absolute Gasteiger partial charge is 0.0701 e. The lowest BCUT2D eigenvalue weighted by Gasteiger charge is -2.15. The Labute approximate surface area is 114 Å². The highest BCUT2D eigenvalue weighted by Gasteiger charge is 2.11. The third kappa shape index (κ3) is 3.39. The number of halogens is 1. The molecular formula is C13H15BrN2S. The zero-order valence-electron chi connectivity index (χ0n) is 9.61. The van der Waals surface area contributed by atoms with E-state index < -0.39 is 0 Å². The first kappa shape index (κ1) is 12.8. The molecule has 0 radical (unpaired) electrons. The molecule has 0 aliphatic rings. The minimum Gasteiger partial charge on any atom is -0.271 e. The zero-order valence-corrected chi connectivity index (χ0v) is 12.0. The maximum atomic E-state index is 5.65. The summed E-state index contributed by atoms with van der Waals surface area (Å²) in [5, 5.41) is 0. The monoisotopic (exact) mass is 310 g/mol. The Balaban J connectivity index is 2.16. The molecule has 1 heterocycles. The number of nitrogens with one attached hydrogen (secondary N) is 1. The van der Waals surface area contributed by atoms with Crippen molar-refractivity contribution >= 4 is 27.3 Å². The number of hydrazine groups is 1. The largest absolute Gasteiger partial charge is 0.271 e. The van der Waals surface area contributed by atoms with E-state index in [0.29, 0.717) is 0 Å². The van der Waals surface area contributed by atoms with Crippen molar-refractivity contribution in [3.05, 3.63) is 56.2 Å². The average molecular weight is 311 g/mol. The van der Waals surface area contributed by atoms with Crippen molar-refractivity contribution in [2.45, 2.75) is 19.4 Å². The minimum atomic E-state index is 0.167. The number of hydrogen-bond donors (Lipinski definition) is 2. The third-order valence-electron chi connectivity index (χ3n) is 2.68. The molecular weight excluding hydrogens is 296 g/mol. The predicted octanol–water partition coefficient (Wildman–Crippen LogP) is 3.57. The molecule has 2 aromatic rings. The maximum Gasteiger partial charge on any atom is 0.0701 e. The van der Waals surface area contributed by atoms with Crippen LogP contribution in [0.3, 0.4) is 0 Å². The van der Waals surface area contributed by atoms with Gasteiger partial charge in [-0.1, -0.05) is 29.8 Å². The highest BCUT2D eigenvalue weighted by Crippen LogP contribution is 2.26. The number of rotatable bonds is 4. The maximum absolute atomic E-state index is 5.65. The molecule has 0 saturated heterocycles. The van der Waals surface area contributed by atoms with Gasteiger partial charge in [-0.2, -0.15) is 0 Å². The fraction of sp³-hybridized carbons (Fsp3) is 0.231. The second-order valence-electron chi connectivity index (χ2n) is 4.04. The molecule has 1 aromatic heterocycles. The number of nitrogens with two attached hydrogens (primary N) is 1. The van der Waals surface area contributed by atoms with E-state index in [1.807, 2.05) is 0 Å². The van der Waals surface area contributed by atoms with Gasteiger partial charge in [-0.15, -0.1) is 11.3 Å². The summed E-state index contributed by atoms with van der Waals surface area (Å²) in [6.07, 6.45) is 0.913. The molecule has 17 heavy (non-hydrogen) atoms. The van der Waals surface area contributed by atoms with Crippen LogP contribution in [-0.2, 0) is 6.42 Å². The summed E-state index contributed by atoms with van der Waals surface area (Å²) in [5.74, 6) is 5.65. The first-order chi connectivity index (χ1) is 8.19.